The Morgan fingerprint density at radius 1 is 1.16 bits per heavy atom. The van der Waals surface area contributed by atoms with Gasteiger partial charge >= 0.3 is 6.09 Å². The van der Waals surface area contributed by atoms with E-state index in [1.807, 2.05) is 27.7 Å². The second kappa shape index (κ2) is 7.67. The number of carbonyl (C=O) groups is 2. The van der Waals surface area contributed by atoms with E-state index in [0.29, 0.717) is 44.4 Å². The highest BCUT2D eigenvalue weighted by Crippen LogP contribution is 2.14. The molecule has 2 amide bonds. The number of anilines is 1. The van der Waals surface area contributed by atoms with Gasteiger partial charge in [-0.2, -0.15) is 0 Å². The first-order valence-electron chi connectivity index (χ1n) is 8.54. The number of amides is 2. The van der Waals surface area contributed by atoms with Crippen LogP contribution in [0.15, 0.2) is 6.07 Å². The van der Waals surface area contributed by atoms with Crippen LogP contribution in [0, 0.1) is 6.92 Å². The number of nitrogens with one attached hydrogen (secondary N) is 1. The van der Waals surface area contributed by atoms with Gasteiger partial charge in [-0.25, -0.2) is 14.8 Å². The lowest BCUT2D eigenvalue weighted by Gasteiger charge is -2.34. The topological polar surface area (TPSA) is 87.7 Å². The highest BCUT2D eigenvalue weighted by atomic mass is 16.6. The second-order valence-electron chi connectivity index (χ2n) is 7.07. The van der Waals surface area contributed by atoms with Gasteiger partial charge in [-0.3, -0.25) is 4.79 Å². The molecule has 138 valence electrons. The summed E-state index contributed by atoms with van der Waals surface area (Å²) >= 11 is 0. The lowest BCUT2D eigenvalue weighted by Crippen LogP contribution is -2.50. The maximum absolute atomic E-state index is 12.7. The number of hydrogen-bond acceptors (Lipinski definition) is 6. The quantitative estimate of drug-likeness (QED) is 0.897. The average molecular weight is 349 g/mol. The van der Waals surface area contributed by atoms with Gasteiger partial charge in [-0.15, -0.1) is 0 Å². The Labute approximate surface area is 148 Å². The standard InChI is InChI=1S/C17H27N5O3/c1-6-25-16(24)22-9-7-21(8-10-22)14(23)13-11-12(2)18-15(19-13)20-17(3,4)5/h11H,6-10H2,1-5H3,(H,18,19,20). The predicted octanol–water partition coefficient (Wildman–Crippen LogP) is 1.91. The van der Waals surface area contributed by atoms with Crippen LogP contribution < -0.4 is 5.32 Å². The van der Waals surface area contributed by atoms with E-state index in [2.05, 4.69) is 15.3 Å². The molecule has 1 fully saturated rings. The Morgan fingerprint density at radius 2 is 1.76 bits per heavy atom. The van der Waals surface area contributed by atoms with E-state index in [-0.39, 0.29) is 17.5 Å². The smallest absolute Gasteiger partial charge is 0.409 e. The predicted molar refractivity (Wildman–Crippen MR) is 94.6 cm³/mol. The van der Waals surface area contributed by atoms with Crippen molar-refractivity contribution in [2.45, 2.75) is 40.2 Å². The molecule has 0 saturated carbocycles. The molecule has 1 aliphatic heterocycles. The van der Waals surface area contributed by atoms with Gasteiger partial charge in [-0.05, 0) is 40.7 Å². The maximum atomic E-state index is 12.7. The lowest BCUT2D eigenvalue weighted by molar-refractivity contribution is 0.0566. The fraction of sp³-hybridized carbons (Fsp3) is 0.647. The zero-order valence-corrected chi connectivity index (χ0v) is 15.6. The Morgan fingerprint density at radius 3 is 2.32 bits per heavy atom. The number of hydrogen-bond donors (Lipinski definition) is 1. The van der Waals surface area contributed by atoms with Crippen LogP contribution in [0.25, 0.3) is 0 Å². The van der Waals surface area contributed by atoms with Crippen LogP contribution in [-0.2, 0) is 4.74 Å². The largest absolute Gasteiger partial charge is 0.450 e. The number of carbonyl (C=O) groups excluding carboxylic acids is 2. The van der Waals surface area contributed by atoms with Gasteiger partial charge in [0.2, 0.25) is 5.95 Å². The third-order valence-electron chi connectivity index (χ3n) is 3.65. The first-order chi connectivity index (χ1) is 11.7. The molecule has 25 heavy (non-hydrogen) atoms. The third-order valence-corrected chi connectivity index (χ3v) is 3.65. The highest BCUT2D eigenvalue weighted by Gasteiger charge is 2.26. The molecule has 0 spiro atoms. The van der Waals surface area contributed by atoms with Crippen LogP contribution in [-0.4, -0.2) is 70.1 Å². The van der Waals surface area contributed by atoms with Crippen molar-refractivity contribution in [2.75, 3.05) is 38.1 Å². The van der Waals surface area contributed by atoms with E-state index in [0.717, 1.165) is 5.69 Å². The van der Waals surface area contributed by atoms with E-state index < -0.39 is 0 Å². The first kappa shape index (κ1) is 19.0. The molecular formula is C17H27N5O3. The molecule has 8 heteroatoms. The van der Waals surface area contributed by atoms with Crippen molar-refractivity contribution in [3.8, 4) is 0 Å². The molecule has 2 rings (SSSR count). The molecule has 0 atom stereocenters. The van der Waals surface area contributed by atoms with Crippen molar-refractivity contribution < 1.29 is 14.3 Å². The van der Waals surface area contributed by atoms with E-state index in [4.69, 9.17) is 4.74 Å². The van der Waals surface area contributed by atoms with Crippen LogP contribution >= 0.6 is 0 Å². The summed E-state index contributed by atoms with van der Waals surface area (Å²) in [5, 5.41) is 3.19. The van der Waals surface area contributed by atoms with Crippen LogP contribution in [0.2, 0.25) is 0 Å². The van der Waals surface area contributed by atoms with Crippen LogP contribution in [0.4, 0.5) is 10.7 Å². The minimum absolute atomic E-state index is 0.147. The summed E-state index contributed by atoms with van der Waals surface area (Å²) in [5.74, 6) is 0.298. The molecule has 0 radical (unpaired) electrons. The van der Waals surface area contributed by atoms with Crippen molar-refractivity contribution in [2.24, 2.45) is 0 Å². The van der Waals surface area contributed by atoms with Gasteiger partial charge in [0.25, 0.3) is 5.91 Å². The van der Waals surface area contributed by atoms with Crippen molar-refractivity contribution in [3.63, 3.8) is 0 Å². The highest BCUT2D eigenvalue weighted by molar-refractivity contribution is 5.92. The summed E-state index contributed by atoms with van der Waals surface area (Å²) in [7, 11) is 0. The Bertz CT molecular complexity index is 634. The number of aryl methyl sites for hydroxylation is 1. The Balaban J connectivity index is 2.05. The number of ether oxygens (including phenoxy) is 1. The number of piperazine rings is 1. The number of nitrogens with zero attached hydrogens (tertiary/aromatic N) is 4. The molecule has 0 aliphatic carbocycles. The molecular weight excluding hydrogens is 322 g/mol. The molecule has 1 N–H and O–H groups in total. The maximum Gasteiger partial charge on any atom is 0.409 e. The summed E-state index contributed by atoms with van der Waals surface area (Å²) in [5.41, 5.74) is 0.901. The van der Waals surface area contributed by atoms with Gasteiger partial charge < -0.3 is 19.9 Å². The van der Waals surface area contributed by atoms with Gasteiger partial charge in [0.05, 0.1) is 6.61 Å². The van der Waals surface area contributed by atoms with Gasteiger partial charge in [-0.1, -0.05) is 0 Å². The van der Waals surface area contributed by atoms with E-state index >= 15 is 0 Å². The minimum atomic E-state index is -0.329. The summed E-state index contributed by atoms with van der Waals surface area (Å²) in [6.07, 6.45) is -0.329. The summed E-state index contributed by atoms with van der Waals surface area (Å²) in [4.78, 5) is 36.5. The Hall–Kier alpha value is -2.38. The van der Waals surface area contributed by atoms with Crippen LogP contribution in [0.5, 0.6) is 0 Å². The molecule has 1 aromatic rings. The zero-order chi connectivity index (χ0) is 18.6. The molecule has 1 aromatic heterocycles. The summed E-state index contributed by atoms with van der Waals surface area (Å²) in [6, 6.07) is 1.69. The second-order valence-corrected chi connectivity index (χ2v) is 7.07. The summed E-state index contributed by atoms with van der Waals surface area (Å²) < 4.78 is 4.99. The van der Waals surface area contributed by atoms with E-state index in [1.54, 1.807) is 22.8 Å². The SMILES string of the molecule is CCOC(=O)N1CCN(C(=O)c2cc(C)nc(NC(C)(C)C)n2)CC1. The van der Waals surface area contributed by atoms with Crippen LogP contribution in [0.1, 0.15) is 43.9 Å². The normalized spacial score (nSPS) is 15.1. The molecule has 8 nitrogen and oxygen atoms in total. The van der Waals surface area contributed by atoms with Gasteiger partial charge in [0.15, 0.2) is 0 Å². The number of rotatable bonds is 3. The van der Waals surface area contributed by atoms with Gasteiger partial charge in [0, 0.05) is 37.4 Å². The minimum Gasteiger partial charge on any atom is -0.450 e. The molecule has 0 aromatic carbocycles. The third kappa shape index (κ3) is 5.30. The van der Waals surface area contributed by atoms with Crippen LogP contribution in [0.3, 0.4) is 0 Å². The fourth-order valence-corrected chi connectivity index (χ4v) is 2.54. The molecule has 0 bridgehead atoms. The molecule has 1 saturated heterocycles. The van der Waals surface area contributed by atoms with E-state index in [1.165, 1.54) is 0 Å². The van der Waals surface area contributed by atoms with E-state index in [9.17, 15) is 9.59 Å². The monoisotopic (exact) mass is 349 g/mol. The first-order valence-corrected chi connectivity index (χ1v) is 8.54. The summed E-state index contributed by atoms with van der Waals surface area (Å²) in [6.45, 7) is 11.8. The number of aromatic nitrogens is 2. The molecule has 0 unspecified atom stereocenters. The average Bonchev–Trinajstić information content (AvgIpc) is 2.52. The fourth-order valence-electron chi connectivity index (χ4n) is 2.54. The zero-order valence-electron chi connectivity index (χ0n) is 15.6. The van der Waals surface area contributed by atoms with Crippen molar-refractivity contribution in [3.05, 3.63) is 17.5 Å². The Kier molecular flexibility index (Phi) is 5.81. The van der Waals surface area contributed by atoms with Crippen molar-refractivity contribution >= 4 is 17.9 Å². The molecule has 1 aliphatic rings. The molecule has 2 heterocycles. The van der Waals surface area contributed by atoms with Crippen molar-refractivity contribution in [1.82, 2.24) is 19.8 Å². The van der Waals surface area contributed by atoms with Crippen molar-refractivity contribution in [1.29, 1.82) is 0 Å². The van der Waals surface area contributed by atoms with Gasteiger partial charge in [0.1, 0.15) is 5.69 Å². The lowest BCUT2D eigenvalue weighted by atomic mass is 10.1.